The topological polar surface area (TPSA) is 113 Å². The number of aliphatic hydroxyl groups is 1. The van der Waals surface area contributed by atoms with Crippen LogP contribution in [0.2, 0.25) is 77.1 Å². The maximum absolute atomic E-state index is 15.7. The summed E-state index contributed by atoms with van der Waals surface area (Å²) in [6.07, 6.45) is 1.33. The largest absolute Gasteiger partial charge is 0.464 e. The molecule has 1 aliphatic heterocycles. The molecule has 2 aromatic heterocycles. The Morgan fingerprint density at radius 1 is 0.862 bits per heavy atom. The smallest absolute Gasteiger partial charge is 0.226 e. The molecule has 0 radical (unpaired) electrons. The fourth-order valence-electron chi connectivity index (χ4n) is 7.26. The van der Waals surface area contributed by atoms with Crippen molar-refractivity contribution in [2.24, 2.45) is 5.92 Å². The van der Waals surface area contributed by atoms with Gasteiger partial charge in [0.05, 0.1) is 36.1 Å². The van der Waals surface area contributed by atoms with Crippen LogP contribution in [0.15, 0.2) is 30.3 Å². The molecule has 4 aromatic rings. The Kier molecular flexibility index (Phi) is 13.9. The lowest BCUT2D eigenvalue weighted by molar-refractivity contribution is -0.143. The summed E-state index contributed by atoms with van der Waals surface area (Å²) in [4.78, 5) is 20.4. The van der Waals surface area contributed by atoms with Gasteiger partial charge in [0, 0.05) is 55.3 Å². The molecule has 3 heterocycles. The number of amides is 1. The molecule has 6 rings (SSSR count). The number of hydrogen-bond donors (Lipinski definition) is 1. The molecule has 2 aromatic carbocycles. The molecule has 58 heavy (non-hydrogen) atoms. The molecule has 1 saturated carbocycles. The SMILES string of the molecule is CCc1cc(OCOCC[Si](C)(C)C)c(F)cc1-c1ccc2c(-c3nc4c(n3COCC[Si](C)(C)C)CN(C(=O)C3CC(O)C3)C4)nn(COCC[Si](C)(C)C)c2c1. The number of aliphatic hydroxyl groups excluding tert-OH is 1. The van der Waals surface area contributed by atoms with E-state index in [0.29, 0.717) is 70.4 Å². The summed E-state index contributed by atoms with van der Waals surface area (Å²) in [6, 6.07) is 12.6. The molecule has 0 bridgehead atoms. The van der Waals surface area contributed by atoms with Crippen LogP contribution >= 0.6 is 0 Å². The zero-order chi connectivity index (χ0) is 42.0. The van der Waals surface area contributed by atoms with Crippen molar-refractivity contribution in [2.75, 3.05) is 26.6 Å². The van der Waals surface area contributed by atoms with Crippen LogP contribution in [0.3, 0.4) is 0 Å². The molecule has 318 valence electrons. The van der Waals surface area contributed by atoms with Crippen molar-refractivity contribution in [3.05, 3.63) is 53.1 Å². The minimum atomic E-state index is -1.33. The number of halogens is 1. The van der Waals surface area contributed by atoms with Crippen LogP contribution in [-0.4, -0.2) is 92.2 Å². The van der Waals surface area contributed by atoms with Crippen LogP contribution in [0.5, 0.6) is 5.75 Å². The minimum Gasteiger partial charge on any atom is -0.464 e. The highest BCUT2D eigenvalue weighted by Gasteiger charge is 2.39. The number of aromatic nitrogens is 4. The van der Waals surface area contributed by atoms with Crippen molar-refractivity contribution in [1.29, 1.82) is 0 Å². The Labute approximate surface area is 347 Å². The normalized spacial score (nSPS) is 17.3. The van der Waals surface area contributed by atoms with Gasteiger partial charge in [0.15, 0.2) is 24.2 Å². The van der Waals surface area contributed by atoms with Crippen molar-refractivity contribution in [3.8, 4) is 28.4 Å². The predicted molar refractivity (Wildman–Crippen MR) is 237 cm³/mol. The molecular formula is C43H66FN5O6Si3. The number of benzene rings is 2. The highest BCUT2D eigenvalue weighted by Crippen LogP contribution is 2.38. The Bertz CT molecular complexity index is 2060. The molecule has 1 aliphatic carbocycles. The van der Waals surface area contributed by atoms with Gasteiger partial charge < -0.3 is 33.5 Å². The van der Waals surface area contributed by atoms with E-state index in [0.717, 1.165) is 57.1 Å². The van der Waals surface area contributed by atoms with E-state index in [2.05, 4.69) is 76.5 Å². The van der Waals surface area contributed by atoms with E-state index in [1.54, 1.807) is 12.1 Å². The van der Waals surface area contributed by atoms with Gasteiger partial charge in [-0.15, -0.1) is 0 Å². The Balaban J connectivity index is 1.34. The van der Waals surface area contributed by atoms with Gasteiger partial charge in [0.25, 0.3) is 0 Å². The number of rotatable bonds is 20. The van der Waals surface area contributed by atoms with E-state index in [1.807, 2.05) is 21.7 Å². The number of imidazole rings is 1. The lowest BCUT2D eigenvalue weighted by atomic mass is 9.81. The Morgan fingerprint density at radius 3 is 2.12 bits per heavy atom. The van der Waals surface area contributed by atoms with Crippen LogP contribution in [0.4, 0.5) is 4.39 Å². The van der Waals surface area contributed by atoms with E-state index in [4.69, 9.17) is 29.0 Å². The summed E-state index contributed by atoms with van der Waals surface area (Å²) in [7, 11) is -3.89. The van der Waals surface area contributed by atoms with Crippen LogP contribution in [-0.2, 0) is 52.0 Å². The zero-order valence-electron chi connectivity index (χ0n) is 36.5. The summed E-state index contributed by atoms with van der Waals surface area (Å²) < 4.78 is 43.8. The molecule has 2 aliphatic rings. The van der Waals surface area contributed by atoms with Crippen molar-refractivity contribution in [3.63, 3.8) is 0 Å². The maximum atomic E-state index is 15.7. The molecule has 15 heteroatoms. The zero-order valence-corrected chi connectivity index (χ0v) is 39.5. The van der Waals surface area contributed by atoms with E-state index < -0.39 is 36.1 Å². The Morgan fingerprint density at radius 2 is 1.50 bits per heavy atom. The molecule has 1 fully saturated rings. The summed E-state index contributed by atoms with van der Waals surface area (Å²) in [5.74, 6) is 0.379. The molecule has 0 spiro atoms. The van der Waals surface area contributed by atoms with E-state index in [1.165, 1.54) is 0 Å². The lowest BCUT2D eigenvalue weighted by Crippen LogP contribution is -2.41. The fraction of sp³-hybridized carbons (Fsp3) is 0.605. The van der Waals surface area contributed by atoms with Gasteiger partial charge in [-0.1, -0.05) is 71.9 Å². The van der Waals surface area contributed by atoms with Crippen molar-refractivity contribution < 1.29 is 33.2 Å². The first-order chi connectivity index (χ1) is 27.3. The molecule has 1 amide bonds. The number of fused-ring (bicyclic) bond motifs is 2. The van der Waals surface area contributed by atoms with Gasteiger partial charge in [0.2, 0.25) is 5.91 Å². The average molecular weight is 852 g/mol. The molecule has 0 atom stereocenters. The number of ether oxygens (including phenoxy) is 4. The number of hydrogen-bond acceptors (Lipinski definition) is 8. The van der Waals surface area contributed by atoms with Crippen molar-refractivity contribution in [2.45, 2.75) is 136 Å². The highest BCUT2D eigenvalue weighted by molar-refractivity contribution is 6.76. The first kappa shape index (κ1) is 44.4. The standard InChI is InChI=1S/C43H66FN5O6Si3/c1-11-30-23-40(55-29-54-16-19-58(8,9)10)36(44)24-35(30)31-12-13-34-38(22-31)49(28-53-15-18-57(5,6)7)46-41(34)42-45-37-25-47(43(51)32-20-33(50)21-32)26-39(37)48(42)27-52-14-17-56(2,3)4/h12-13,22-24,32-33,50H,11,14-21,25-29H2,1-10H3. The van der Waals surface area contributed by atoms with Crippen molar-refractivity contribution in [1.82, 2.24) is 24.2 Å². The number of carbonyl (C=O) groups excluding carboxylic acids is 1. The second-order valence-corrected chi connectivity index (χ2v) is 36.7. The second kappa shape index (κ2) is 18.2. The summed E-state index contributed by atoms with van der Waals surface area (Å²) in [6.45, 7) is 26.2. The highest BCUT2D eigenvalue weighted by atomic mass is 28.3. The third kappa shape index (κ3) is 11.1. The molecule has 11 nitrogen and oxygen atoms in total. The first-order valence-corrected chi connectivity index (χ1v) is 32.2. The third-order valence-corrected chi connectivity index (χ3v) is 16.3. The monoisotopic (exact) mass is 851 g/mol. The molecular weight excluding hydrogens is 786 g/mol. The molecule has 0 saturated heterocycles. The van der Waals surface area contributed by atoms with Gasteiger partial charge in [-0.3, -0.25) is 4.79 Å². The molecule has 1 N–H and O–H groups in total. The number of nitrogens with zero attached hydrogens (tertiary/aromatic N) is 5. The quantitative estimate of drug-likeness (QED) is 0.0533. The van der Waals surface area contributed by atoms with Crippen LogP contribution in [0.1, 0.15) is 36.7 Å². The minimum absolute atomic E-state index is 0.0110. The van der Waals surface area contributed by atoms with Gasteiger partial charge in [-0.05, 0) is 78.4 Å². The third-order valence-electron chi connectivity index (χ3n) is 11.1. The van der Waals surface area contributed by atoms with Crippen molar-refractivity contribution >= 4 is 41.0 Å². The summed E-state index contributed by atoms with van der Waals surface area (Å²) >= 11 is 0. The average Bonchev–Trinajstić information content (AvgIpc) is 3.80. The van der Waals surface area contributed by atoms with E-state index >= 15 is 4.39 Å². The number of aryl methyl sites for hydroxylation is 1. The maximum Gasteiger partial charge on any atom is 0.226 e. The van der Waals surface area contributed by atoms with Gasteiger partial charge in [0.1, 0.15) is 19.2 Å². The molecule has 0 unspecified atom stereocenters. The van der Waals surface area contributed by atoms with Gasteiger partial charge >= 0.3 is 0 Å². The lowest BCUT2D eigenvalue weighted by Gasteiger charge is -2.33. The second-order valence-electron chi connectivity index (χ2n) is 19.8. The number of carbonyl (C=O) groups is 1. The summed E-state index contributed by atoms with van der Waals surface area (Å²) in [5.41, 5.74) is 5.98. The Hall–Kier alpha value is -3.19. The van der Waals surface area contributed by atoms with Crippen LogP contribution in [0, 0.1) is 11.7 Å². The van der Waals surface area contributed by atoms with E-state index in [-0.39, 0.29) is 31.1 Å². The van der Waals surface area contributed by atoms with Crippen LogP contribution in [0.25, 0.3) is 33.5 Å². The van der Waals surface area contributed by atoms with Gasteiger partial charge in [-0.25, -0.2) is 14.1 Å². The summed E-state index contributed by atoms with van der Waals surface area (Å²) in [5, 5.41) is 15.9. The predicted octanol–water partition coefficient (Wildman–Crippen LogP) is 9.20. The van der Waals surface area contributed by atoms with Gasteiger partial charge in [-0.2, -0.15) is 5.10 Å². The van der Waals surface area contributed by atoms with Crippen LogP contribution < -0.4 is 4.74 Å². The first-order valence-electron chi connectivity index (χ1n) is 21.0. The van der Waals surface area contributed by atoms with E-state index in [9.17, 15) is 9.90 Å². The fourth-order valence-corrected chi connectivity index (χ4v) is 9.53.